The summed E-state index contributed by atoms with van der Waals surface area (Å²) in [5.41, 5.74) is 5.96. The molecular formula is C18H23NS. The molecule has 1 unspecified atom stereocenters. The molecule has 0 radical (unpaired) electrons. The van der Waals surface area contributed by atoms with Crippen LogP contribution in [-0.4, -0.2) is 6.54 Å². The van der Waals surface area contributed by atoms with E-state index < -0.39 is 0 Å². The molecule has 0 amide bonds. The lowest BCUT2D eigenvalue weighted by atomic mass is 9.99. The minimum Gasteiger partial charge on any atom is -0.306 e. The van der Waals surface area contributed by atoms with E-state index in [-0.39, 0.29) is 0 Å². The van der Waals surface area contributed by atoms with Gasteiger partial charge in [-0.25, -0.2) is 0 Å². The third-order valence-corrected chi connectivity index (χ3v) is 5.55. The van der Waals surface area contributed by atoms with Crippen LogP contribution in [0.4, 0.5) is 0 Å². The number of thiophene rings is 1. The minimum absolute atomic E-state index is 0.350. The SMILES string of the molecule is CCNC(c1ccc2c(c1)CCC2)c1cc(C)c(C)s1. The summed E-state index contributed by atoms with van der Waals surface area (Å²) in [5, 5.41) is 3.66. The van der Waals surface area contributed by atoms with E-state index in [2.05, 4.69) is 50.4 Å². The molecule has 20 heavy (non-hydrogen) atoms. The number of hydrogen-bond acceptors (Lipinski definition) is 2. The largest absolute Gasteiger partial charge is 0.306 e. The van der Waals surface area contributed by atoms with Crippen LogP contribution in [0, 0.1) is 13.8 Å². The van der Waals surface area contributed by atoms with Crippen molar-refractivity contribution in [3.8, 4) is 0 Å². The van der Waals surface area contributed by atoms with Crippen LogP contribution in [0.5, 0.6) is 0 Å². The lowest BCUT2D eigenvalue weighted by Crippen LogP contribution is -2.21. The third-order valence-electron chi connectivity index (χ3n) is 4.33. The summed E-state index contributed by atoms with van der Waals surface area (Å²) < 4.78 is 0. The first-order chi connectivity index (χ1) is 9.69. The van der Waals surface area contributed by atoms with E-state index in [1.165, 1.54) is 40.1 Å². The maximum absolute atomic E-state index is 3.66. The Bertz CT molecular complexity index is 592. The highest BCUT2D eigenvalue weighted by atomic mass is 32.1. The Labute approximate surface area is 126 Å². The summed E-state index contributed by atoms with van der Waals surface area (Å²) in [5.74, 6) is 0. The molecule has 2 aromatic rings. The fourth-order valence-electron chi connectivity index (χ4n) is 3.10. The quantitative estimate of drug-likeness (QED) is 0.869. The van der Waals surface area contributed by atoms with Crippen molar-refractivity contribution in [2.24, 2.45) is 0 Å². The smallest absolute Gasteiger partial charge is 0.0671 e. The van der Waals surface area contributed by atoms with Crippen LogP contribution in [-0.2, 0) is 12.8 Å². The Morgan fingerprint density at radius 1 is 1.15 bits per heavy atom. The van der Waals surface area contributed by atoms with E-state index in [1.807, 2.05) is 11.3 Å². The molecule has 0 saturated carbocycles. The summed E-state index contributed by atoms with van der Waals surface area (Å²) in [6.45, 7) is 7.61. The van der Waals surface area contributed by atoms with E-state index >= 15 is 0 Å². The number of nitrogens with one attached hydrogen (secondary N) is 1. The zero-order valence-electron chi connectivity index (χ0n) is 12.6. The van der Waals surface area contributed by atoms with Gasteiger partial charge in [0, 0.05) is 9.75 Å². The van der Waals surface area contributed by atoms with E-state index in [4.69, 9.17) is 0 Å². The number of fused-ring (bicyclic) bond motifs is 1. The van der Waals surface area contributed by atoms with Gasteiger partial charge in [-0.15, -0.1) is 11.3 Å². The van der Waals surface area contributed by atoms with E-state index in [0.29, 0.717) is 6.04 Å². The van der Waals surface area contributed by atoms with Crippen molar-refractivity contribution in [3.63, 3.8) is 0 Å². The Morgan fingerprint density at radius 2 is 1.95 bits per heavy atom. The first kappa shape index (κ1) is 13.8. The highest BCUT2D eigenvalue weighted by molar-refractivity contribution is 7.12. The van der Waals surface area contributed by atoms with Gasteiger partial charge < -0.3 is 5.32 Å². The fraction of sp³-hybridized carbons (Fsp3) is 0.444. The first-order valence-corrected chi connectivity index (χ1v) is 8.42. The van der Waals surface area contributed by atoms with E-state index in [9.17, 15) is 0 Å². The van der Waals surface area contributed by atoms with Crippen molar-refractivity contribution in [2.45, 2.75) is 46.1 Å². The number of benzene rings is 1. The average Bonchev–Trinajstić information content (AvgIpc) is 3.02. The second-order valence-corrected chi connectivity index (χ2v) is 7.05. The highest BCUT2D eigenvalue weighted by Gasteiger charge is 2.19. The van der Waals surface area contributed by atoms with E-state index in [1.54, 1.807) is 11.1 Å². The van der Waals surface area contributed by atoms with Crippen molar-refractivity contribution in [2.75, 3.05) is 6.54 Å². The van der Waals surface area contributed by atoms with Crippen molar-refractivity contribution in [1.29, 1.82) is 0 Å². The number of aryl methyl sites for hydroxylation is 4. The average molecular weight is 285 g/mol. The summed E-state index contributed by atoms with van der Waals surface area (Å²) >= 11 is 1.93. The number of rotatable bonds is 4. The molecule has 0 spiro atoms. The molecule has 1 aliphatic carbocycles. The molecule has 1 nitrogen and oxygen atoms in total. The van der Waals surface area contributed by atoms with Gasteiger partial charge in [0.2, 0.25) is 0 Å². The molecule has 1 aromatic heterocycles. The van der Waals surface area contributed by atoms with Crippen molar-refractivity contribution in [3.05, 3.63) is 56.3 Å². The molecule has 1 aliphatic rings. The minimum atomic E-state index is 0.350. The van der Waals surface area contributed by atoms with Crippen molar-refractivity contribution >= 4 is 11.3 Å². The second-order valence-electron chi connectivity index (χ2n) is 5.76. The maximum Gasteiger partial charge on any atom is 0.0671 e. The van der Waals surface area contributed by atoms with Gasteiger partial charge in [-0.3, -0.25) is 0 Å². The molecule has 1 N–H and O–H groups in total. The Balaban J connectivity index is 1.98. The monoisotopic (exact) mass is 285 g/mol. The van der Waals surface area contributed by atoms with Crippen LogP contribution in [0.15, 0.2) is 24.3 Å². The van der Waals surface area contributed by atoms with Crippen LogP contribution >= 0.6 is 11.3 Å². The lowest BCUT2D eigenvalue weighted by Gasteiger charge is -2.18. The van der Waals surface area contributed by atoms with Crippen LogP contribution in [0.25, 0.3) is 0 Å². The molecule has 0 aliphatic heterocycles. The summed E-state index contributed by atoms with van der Waals surface area (Å²) in [6.07, 6.45) is 3.84. The molecule has 0 fully saturated rings. The van der Waals surface area contributed by atoms with E-state index in [0.717, 1.165) is 6.54 Å². The van der Waals surface area contributed by atoms with Gasteiger partial charge in [-0.2, -0.15) is 0 Å². The van der Waals surface area contributed by atoms with Crippen LogP contribution in [0.2, 0.25) is 0 Å². The molecule has 106 valence electrons. The zero-order valence-corrected chi connectivity index (χ0v) is 13.4. The Kier molecular flexibility index (Phi) is 3.95. The van der Waals surface area contributed by atoms with Gasteiger partial charge in [-0.1, -0.05) is 25.1 Å². The van der Waals surface area contributed by atoms with Crippen molar-refractivity contribution < 1.29 is 0 Å². The van der Waals surface area contributed by atoms with Crippen LogP contribution in [0.3, 0.4) is 0 Å². The predicted octanol–water partition coefficient (Wildman–Crippen LogP) is 4.55. The van der Waals surface area contributed by atoms with Gasteiger partial charge in [0.1, 0.15) is 0 Å². The van der Waals surface area contributed by atoms with Gasteiger partial charge in [0.05, 0.1) is 6.04 Å². The highest BCUT2D eigenvalue weighted by Crippen LogP contribution is 2.33. The molecule has 2 heteroatoms. The Hall–Kier alpha value is -1.12. The zero-order chi connectivity index (χ0) is 14.1. The van der Waals surface area contributed by atoms with Crippen LogP contribution < -0.4 is 5.32 Å². The number of hydrogen-bond donors (Lipinski definition) is 1. The van der Waals surface area contributed by atoms with Gasteiger partial charge in [0.25, 0.3) is 0 Å². The molecule has 3 rings (SSSR count). The van der Waals surface area contributed by atoms with Gasteiger partial charge in [-0.05, 0) is 68.0 Å². The Morgan fingerprint density at radius 3 is 2.65 bits per heavy atom. The summed E-state index contributed by atoms with van der Waals surface area (Å²) in [6, 6.07) is 9.79. The first-order valence-electron chi connectivity index (χ1n) is 7.61. The molecule has 1 heterocycles. The predicted molar refractivity (Wildman–Crippen MR) is 87.8 cm³/mol. The summed E-state index contributed by atoms with van der Waals surface area (Å²) in [7, 11) is 0. The normalized spacial score (nSPS) is 15.3. The molecule has 1 aromatic carbocycles. The van der Waals surface area contributed by atoms with Gasteiger partial charge in [0.15, 0.2) is 0 Å². The molecule has 1 atom stereocenters. The third kappa shape index (κ3) is 2.55. The lowest BCUT2D eigenvalue weighted by molar-refractivity contribution is 0.639. The molecule has 0 bridgehead atoms. The van der Waals surface area contributed by atoms with Gasteiger partial charge >= 0.3 is 0 Å². The second kappa shape index (κ2) is 5.71. The molecular weight excluding hydrogens is 262 g/mol. The topological polar surface area (TPSA) is 12.0 Å². The fourth-order valence-corrected chi connectivity index (χ4v) is 4.25. The standard InChI is InChI=1S/C18H23NS/c1-4-19-18(17-10-12(2)13(3)20-17)16-9-8-14-6-5-7-15(14)11-16/h8-11,18-19H,4-7H2,1-3H3. The molecule has 0 saturated heterocycles. The van der Waals surface area contributed by atoms with Crippen LogP contribution in [0.1, 0.15) is 51.4 Å². The maximum atomic E-state index is 3.66. The summed E-state index contributed by atoms with van der Waals surface area (Å²) in [4.78, 5) is 2.88. The van der Waals surface area contributed by atoms with Crippen molar-refractivity contribution in [1.82, 2.24) is 5.32 Å².